The molecule has 128 valence electrons. The van der Waals surface area contributed by atoms with E-state index in [1.54, 1.807) is 24.3 Å². The van der Waals surface area contributed by atoms with Crippen molar-refractivity contribution in [2.24, 2.45) is 0 Å². The second-order valence-corrected chi connectivity index (χ2v) is 5.77. The number of hydrogen-bond donors (Lipinski definition) is 2. The van der Waals surface area contributed by atoms with Crippen LogP contribution in [0.3, 0.4) is 0 Å². The van der Waals surface area contributed by atoms with E-state index in [4.69, 9.17) is 23.2 Å². The zero-order chi connectivity index (χ0) is 17.7. The summed E-state index contributed by atoms with van der Waals surface area (Å²) < 4.78 is 38.3. The number of halogens is 5. The fourth-order valence-corrected chi connectivity index (χ4v) is 2.28. The number of hydrogen-bond acceptors (Lipinski definition) is 2. The zero-order valence-electron chi connectivity index (χ0n) is 12.3. The lowest BCUT2D eigenvalue weighted by molar-refractivity contribution is -0.137. The second-order valence-electron chi connectivity index (χ2n) is 4.92. The summed E-state index contributed by atoms with van der Waals surface area (Å²) in [7, 11) is 0. The molecule has 0 saturated carbocycles. The minimum absolute atomic E-state index is 0.0446. The first-order chi connectivity index (χ1) is 11.3. The first-order valence-electron chi connectivity index (χ1n) is 6.92. The molecular weight excluding hydrogens is 364 g/mol. The largest absolute Gasteiger partial charge is 0.417 e. The SMILES string of the molecule is O=C(CCNc1ccc(Cl)cc1)Nc1ccc(Cl)c(C(F)(F)F)c1. The molecule has 24 heavy (non-hydrogen) atoms. The predicted octanol–water partition coefficient (Wildman–Crippen LogP) is 5.45. The lowest BCUT2D eigenvalue weighted by Gasteiger charge is -2.12. The minimum Gasteiger partial charge on any atom is -0.385 e. The zero-order valence-corrected chi connectivity index (χ0v) is 13.8. The lowest BCUT2D eigenvalue weighted by Crippen LogP contribution is -2.17. The highest BCUT2D eigenvalue weighted by atomic mass is 35.5. The van der Waals surface area contributed by atoms with Gasteiger partial charge in [-0.1, -0.05) is 23.2 Å². The van der Waals surface area contributed by atoms with Crippen LogP contribution >= 0.6 is 23.2 Å². The average molecular weight is 377 g/mol. The monoisotopic (exact) mass is 376 g/mol. The van der Waals surface area contributed by atoms with Crippen LogP contribution in [0.15, 0.2) is 42.5 Å². The molecule has 0 aliphatic rings. The Morgan fingerprint density at radius 3 is 2.25 bits per heavy atom. The maximum absolute atomic E-state index is 12.8. The Kier molecular flexibility index (Phi) is 5.96. The van der Waals surface area contributed by atoms with Gasteiger partial charge >= 0.3 is 6.18 Å². The number of alkyl halides is 3. The molecule has 2 rings (SSSR count). The van der Waals surface area contributed by atoms with Gasteiger partial charge < -0.3 is 10.6 Å². The summed E-state index contributed by atoms with van der Waals surface area (Å²) in [5.41, 5.74) is -0.150. The molecule has 1 amide bonds. The predicted molar refractivity (Wildman–Crippen MR) is 89.6 cm³/mol. The fraction of sp³-hybridized carbons (Fsp3) is 0.188. The topological polar surface area (TPSA) is 41.1 Å². The summed E-state index contributed by atoms with van der Waals surface area (Å²) in [5.74, 6) is -0.410. The number of anilines is 2. The molecule has 0 heterocycles. The van der Waals surface area contributed by atoms with E-state index in [-0.39, 0.29) is 12.1 Å². The Labute approximate surface area is 146 Å². The normalized spacial score (nSPS) is 11.2. The third kappa shape index (κ3) is 5.32. The van der Waals surface area contributed by atoms with Crippen molar-refractivity contribution in [3.8, 4) is 0 Å². The van der Waals surface area contributed by atoms with Crippen molar-refractivity contribution in [1.29, 1.82) is 0 Å². The Hall–Kier alpha value is -1.92. The van der Waals surface area contributed by atoms with Gasteiger partial charge in [-0.05, 0) is 42.5 Å². The lowest BCUT2D eigenvalue weighted by atomic mass is 10.2. The number of rotatable bonds is 5. The van der Waals surface area contributed by atoms with E-state index >= 15 is 0 Å². The summed E-state index contributed by atoms with van der Waals surface area (Å²) in [6.07, 6.45) is -4.49. The molecule has 3 nitrogen and oxygen atoms in total. The molecule has 0 aliphatic heterocycles. The average Bonchev–Trinajstić information content (AvgIpc) is 2.50. The molecule has 0 aromatic heterocycles. The molecule has 0 atom stereocenters. The Morgan fingerprint density at radius 2 is 1.62 bits per heavy atom. The Bertz CT molecular complexity index is 718. The minimum atomic E-state index is -4.58. The fourth-order valence-electron chi connectivity index (χ4n) is 1.93. The van der Waals surface area contributed by atoms with Gasteiger partial charge in [0.1, 0.15) is 0 Å². The van der Waals surface area contributed by atoms with Gasteiger partial charge in [0, 0.05) is 29.4 Å². The highest BCUT2D eigenvalue weighted by molar-refractivity contribution is 6.31. The summed E-state index contributed by atoms with van der Waals surface area (Å²) >= 11 is 11.3. The maximum atomic E-state index is 12.8. The van der Waals surface area contributed by atoms with Crippen molar-refractivity contribution in [2.45, 2.75) is 12.6 Å². The van der Waals surface area contributed by atoms with Crippen molar-refractivity contribution >= 4 is 40.5 Å². The molecule has 0 saturated heterocycles. The highest BCUT2D eigenvalue weighted by Gasteiger charge is 2.33. The van der Waals surface area contributed by atoms with Gasteiger partial charge in [-0.2, -0.15) is 13.2 Å². The molecule has 0 aliphatic carbocycles. The Morgan fingerprint density at radius 1 is 1.00 bits per heavy atom. The summed E-state index contributed by atoms with van der Waals surface area (Å²) in [6, 6.07) is 10.2. The number of nitrogens with one attached hydrogen (secondary N) is 2. The number of carbonyl (C=O) groups excluding carboxylic acids is 1. The number of benzene rings is 2. The summed E-state index contributed by atoms with van der Waals surface area (Å²) in [4.78, 5) is 11.8. The molecule has 0 unspecified atom stereocenters. The van der Waals surface area contributed by atoms with Crippen LogP contribution < -0.4 is 10.6 Å². The number of carbonyl (C=O) groups is 1. The van der Waals surface area contributed by atoms with Crippen molar-refractivity contribution in [3.63, 3.8) is 0 Å². The van der Waals surface area contributed by atoms with Crippen LogP contribution in [0.25, 0.3) is 0 Å². The van der Waals surface area contributed by atoms with E-state index in [0.717, 1.165) is 17.8 Å². The van der Waals surface area contributed by atoms with Gasteiger partial charge in [0.2, 0.25) is 5.91 Å². The molecular formula is C16H13Cl2F3N2O. The van der Waals surface area contributed by atoms with E-state index in [1.165, 1.54) is 6.07 Å². The molecule has 0 radical (unpaired) electrons. The molecule has 2 aromatic rings. The summed E-state index contributed by atoms with van der Waals surface area (Å²) in [6.45, 7) is 0.327. The van der Waals surface area contributed by atoms with E-state index < -0.39 is 22.7 Å². The molecule has 2 aromatic carbocycles. The van der Waals surface area contributed by atoms with Gasteiger partial charge in [0.05, 0.1) is 10.6 Å². The number of amides is 1. The molecule has 0 spiro atoms. The van der Waals surface area contributed by atoms with E-state index in [0.29, 0.717) is 11.6 Å². The van der Waals surface area contributed by atoms with Crippen LogP contribution in [-0.4, -0.2) is 12.5 Å². The third-order valence-corrected chi connectivity index (χ3v) is 3.66. The van der Waals surface area contributed by atoms with Gasteiger partial charge in [-0.25, -0.2) is 0 Å². The van der Waals surface area contributed by atoms with Crippen molar-refractivity contribution < 1.29 is 18.0 Å². The highest BCUT2D eigenvalue weighted by Crippen LogP contribution is 2.36. The smallest absolute Gasteiger partial charge is 0.385 e. The molecule has 8 heteroatoms. The van der Waals surface area contributed by atoms with E-state index in [2.05, 4.69) is 10.6 Å². The Balaban J connectivity index is 1.89. The quantitative estimate of drug-likeness (QED) is 0.727. The molecule has 0 bridgehead atoms. The van der Waals surface area contributed by atoms with E-state index in [9.17, 15) is 18.0 Å². The van der Waals surface area contributed by atoms with Gasteiger partial charge in [-0.15, -0.1) is 0 Å². The first-order valence-corrected chi connectivity index (χ1v) is 7.67. The van der Waals surface area contributed by atoms with Gasteiger partial charge in [0.15, 0.2) is 0 Å². The van der Waals surface area contributed by atoms with Gasteiger partial charge in [-0.3, -0.25) is 4.79 Å². The van der Waals surface area contributed by atoms with Crippen molar-refractivity contribution in [2.75, 3.05) is 17.2 Å². The second kappa shape index (κ2) is 7.77. The first kappa shape index (κ1) is 18.4. The van der Waals surface area contributed by atoms with Crippen molar-refractivity contribution in [1.82, 2.24) is 0 Å². The molecule has 0 fully saturated rings. The molecule has 2 N–H and O–H groups in total. The van der Waals surface area contributed by atoms with Crippen LogP contribution in [0.4, 0.5) is 24.5 Å². The standard InChI is InChI=1S/C16H13Cl2F3N2O/c17-10-1-3-11(4-2-10)22-8-7-15(24)23-12-5-6-14(18)13(9-12)16(19,20)21/h1-6,9,22H,7-8H2,(H,23,24). The van der Waals surface area contributed by atoms with Crippen LogP contribution in [0.5, 0.6) is 0 Å². The van der Waals surface area contributed by atoms with Crippen LogP contribution in [-0.2, 0) is 11.0 Å². The van der Waals surface area contributed by atoms with Gasteiger partial charge in [0.25, 0.3) is 0 Å². The van der Waals surface area contributed by atoms with Crippen LogP contribution in [0.2, 0.25) is 10.0 Å². The van der Waals surface area contributed by atoms with Crippen LogP contribution in [0, 0.1) is 0 Å². The summed E-state index contributed by atoms with van der Waals surface area (Å²) in [5, 5.41) is 5.62. The third-order valence-electron chi connectivity index (χ3n) is 3.08. The van der Waals surface area contributed by atoms with Crippen LogP contribution in [0.1, 0.15) is 12.0 Å². The van der Waals surface area contributed by atoms with E-state index in [1.807, 2.05) is 0 Å². The van der Waals surface area contributed by atoms with Crippen molar-refractivity contribution in [3.05, 3.63) is 58.1 Å². The maximum Gasteiger partial charge on any atom is 0.417 e.